The molecular weight excluding hydrogens is 479 g/mol. The van der Waals surface area contributed by atoms with E-state index in [0.29, 0.717) is 0 Å². The van der Waals surface area contributed by atoms with Crippen molar-refractivity contribution in [2.45, 2.75) is 13.8 Å². The molecule has 0 spiro atoms. The van der Waals surface area contributed by atoms with Crippen molar-refractivity contribution in [3.8, 4) is 0 Å². The lowest BCUT2D eigenvalue weighted by molar-refractivity contribution is 1.31. The maximum atomic E-state index is 4.90. The normalized spacial score (nSPS) is 12.5. The van der Waals surface area contributed by atoms with Crippen molar-refractivity contribution in [1.82, 2.24) is 9.38 Å². The lowest BCUT2D eigenvalue weighted by atomic mass is 9.96. The molecule has 0 amide bonds. The van der Waals surface area contributed by atoms with Crippen LogP contribution < -0.4 is 0 Å². The summed E-state index contributed by atoms with van der Waals surface area (Å²) in [7, 11) is 0. The van der Waals surface area contributed by atoms with Crippen LogP contribution in [-0.2, 0) is 0 Å². The minimum Gasteiger partial charge on any atom is -0.306 e. The van der Waals surface area contributed by atoms with Gasteiger partial charge in [-0.3, -0.25) is 4.98 Å². The summed E-state index contributed by atoms with van der Waals surface area (Å²) in [6, 6.07) is 22.4. The van der Waals surface area contributed by atoms with Crippen molar-refractivity contribution in [3.05, 3.63) is 81.6 Å². The van der Waals surface area contributed by atoms with Gasteiger partial charge in [-0.05, 0) is 76.4 Å². The second-order valence-corrected chi connectivity index (χ2v) is 9.48. The quantitative estimate of drug-likeness (QED) is 0.119. The van der Waals surface area contributed by atoms with E-state index in [1.807, 2.05) is 6.20 Å². The SMILES string of the molecule is Cc1ccc2cc3c4nccc5ccc6c7cccc(I)c7n(c3c(C)c2c1)c6c54. The van der Waals surface area contributed by atoms with Crippen LogP contribution in [0.5, 0.6) is 0 Å². The van der Waals surface area contributed by atoms with Gasteiger partial charge in [0.25, 0.3) is 0 Å². The molecule has 0 radical (unpaired) electrons. The fourth-order valence-corrected chi connectivity index (χ4v) is 6.08. The van der Waals surface area contributed by atoms with E-state index in [0.717, 1.165) is 5.52 Å². The highest BCUT2D eigenvalue weighted by molar-refractivity contribution is 14.1. The zero-order valence-corrected chi connectivity index (χ0v) is 18.8. The van der Waals surface area contributed by atoms with Crippen molar-refractivity contribution in [2.24, 2.45) is 0 Å². The molecule has 0 saturated carbocycles. The highest BCUT2D eigenvalue weighted by atomic mass is 127. The number of aromatic nitrogens is 2. The molecule has 0 aliphatic rings. The van der Waals surface area contributed by atoms with Gasteiger partial charge >= 0.3 is 0 Å². The molecule has 7 aromatic rings. The van der Waals surface area contributed by atoms with E-state index < -0.39 is 0 Å². The lowest BCUT2D eigenvalue weighted by Crippen LogP contribution is -1.97. The van der Waals surface area contributed by atoms with Crippen LogP contribution in [0.25, 0.3) is 59.8 Å². The van der Waals surface area contributed by atoms with Crippen LogP contribution in [0.2, 0.25) is 0 Å². The number of rotatable bonds is 0. The smallest absolute Gasteiger partial charge is 0.0823 e. The molecule has 0 saturated heterocycles. The van der Waals surface area contributed by atoms with Crippen molar-refractivity contribution in [3.63, 3.8) is 0 Å². The summed E-state index contributed by atoms with van der Waals surface area (Å²) in [4.78, 5) is 4.90. The molecule has 0 aliphatic carbocycles. The van der Waals surface area contributed by atoms with E-state index in [-0.39, 0.29) is 0 Å². The average Bonchev–Trinajstić information content (AvgIpc) is 3.10. The molecule has 0 N–H and O–H groups in total. The summed E-state index contributed by atoms with van der Waals surface area (Å²) < 4.78 is 3.78. The van der Waals surface area contributed by atoms with Crippen molar-refractivity contribution < 1.29 is 0 Å². The van der Waals surface area contributed by atoms with Crippen LogP contribution in [-0.4, -0.2) is 9.38 Å². The molecule has 7 rings (SSSR count). The van der Waals surface area contributed by atoms with Gasteiger partial charge in [0.1, 0.15) is 0 Å². The summed E-state index contributed by atoms with van der Waals surface area (Å²) in [5, 5.41) is 8.95. The van der Waals surface area contributed by atoms with E-state index in [9.17, 15) is 0 Å². The van der Waals surface area contributed by atoms with Gasteiger partial charge in [0.2, 0.25) is 0 Å². The maximum absolute atomic E-state index is 4.90. The molecule has 2 nitrogen and oxygen atoms in total. The number of benzene rings is 4. The fourth-order valence-electron chi connectivity index (χ4n) is 5.34. The van der Waals surface area contributed by atoms with E-state index in [1.54, 1.807) is 0 Å². The van der Waals surface area contributed by atoms with E-state index in [2.05, 4.69) is 102 Å². The largest absolute Gasteiger partial charge is 0.306 e. The Morgan fingerprint density at radius 2 is 1.57 bits per heavy atom. The highest BCUT2D eigenvalue weighted by Crippen LogP contribution is 2.43. The number of aryl methyl sites for hydroxylation is 2. The van der Waals surface area contributed by atoms with Crippen molar-refractivity contribution >= 4 is 82.4 Å². The zero-order chi connectivity index (χ0) is 20.1. The topological polar surface area (TPSA) is 17.3 Å². The first-order valence-corrected chi connectivity index (χ1v) is 11.3. The van der Waals surface area contributed by atoms with Crippen LogP contribution >= 0.6 is 22.6 Å². The molecule has 0 atom stereocenters. The lowest BCUT2D eigenvalue weighted by Gasteiger charge is -2.16. The predicted octanol–water partition coefficient (Wildman–Crippen LogP) is 7.76. The summed E-state index contributed by atoms with van der Waals surface area (Å²) in [6.07, 6.45) is 1.95. The third kappa shape index (κ3) is 1.92. The molecular formula is C27H17IN2. The van der Waals surface area contributed by atoms with Gasteiger partial charge in [0.05, 0.1) is 22.1 Å². The van der Waals surface area contributed by atoms with Gasteiger partial charge in [-0.25, -0.2) is 0 Å². The monoisotopic (exact) mass is 496 g/mol. The zero-order valence-electron chi connectivity index (χ0n) is 16.6. The highest BCUT2D eigenvalue weighted by Gasteiger charge is 2.21. The first kappa shape index (κ1) is 16.8. The summed E-state index contributed by atoms with van der Waals surface area (Å²) in [6.45, 7) is 4.43. The second kappa shape index (κ2) is 5.61. The van der Waals surface area contributed by atoms with Gasteiger partial charge in [0, 0.05) is 31.3 Å². The van der Waals surface area contributed by atoms with E-state index >= 15 is 0 Å². The Bertz CT molecular complexity index is 1820. The van der Waals surface area contributed by atoms with Crippen LogP contribution in [0.1, 0.15) is 11.1 Å². The minimum atomic E-state index is 1.10. The molecule has 3 heterocycles. The van der Waals surface area contributed by atoms with Crippen LogP contribution in [0.15, 0.2) is 66.9 Å². The molecule has 142 valence electrons. The molecule has 0 fully saturated rings. The first-order valence-electron chi connectivity index (χ1n) is 10.2. The standard InChI is InChI=1S/C27H17IN2/c1-14-6-7-17-13-21-24-23-16(10-11-29-24)8-9-19-18-4-3-5-22(28)26(18)30(27(19)23)25(21)15(2)20(17)12-14/h3-13H,1-2H3. The van der Waals surface area contributed by atoms with Gasteiger partial charge in [-0.15, -0.1) is 0 Å². The van der Waals surface area contributed by atoms with Crippen LogP contribution in [0, 0.1) is 17.4 Å². The molecule has 0 aliphatic heterocycles. The summed E-state index contributed by atoms with van der Waals surface area (Å²) >= 11 is 2.48. The molecule has 3 aromatic heterocycles. The number of fused-ring (bicyclic) bond motifs is 7. The first-order chi connectivity index (χ1) is 14.6. The Morgan fingerprint density at radius 1 is 0.733 bits per heavy atom. The number of para-hydroxylation sites is 1. The minimum absolute atomic E-state index is 1.10. The maximum Gasteiger partial charge on any atom is 0.0823 e. The number of nitrogens with zero attached hydrogens (tertiary/aromatic N) is 2. The Morgan fingerprint density at radius 3 is 2.47 bits per heavy atom. The summed E-state index contributed by atoms with van der Waals surface area (Å²) in [5.74, 6) is 0. The Kier molecular flexibility index (Phi) is 3.15. The molecule has 3 heteroatoms. The molecule has 0 bridgehead atoms. The van der Waals surface area contributed by atoms with Crippen LogP contribution in [0.3, 0.4) is 0 Å². The van der Waals surface area contributed by atoms with Gasteiger partial charge < -0.3 is 4.40 Å². The number of halogens is 1. The van der Waals surface area contributed by atoms with Crippen molar-refractivity contribution in [1.29, 1.82) is 0 Å². The number of hydrogen-bond acceptors (Lipinski definition) is 1. The Balaban J connectivity index is 1.96. The average molecular weight is 496 g/mol. The van der Waals surface area contributed by atoms with E-state index in [4.69, 9.17) is 4.98 Å². The van der Waals surface area contributed by atoms with Gasteiger partial charge in [-0.1, -0.05) is 48.0 Å². The third-order valence-electron chi connectivity index (χ3n) is 6.63. The second-order valence-electron chi connectivity index (χ2n) is 8.31. The molecule has 0 unspecified atom stereocenters. The number of hydrogen-bond donors (Lipinski definition) is 0. The molecule has 30 heavy (non-hydrogen) atoms. The van der Waals surface area contributed by atoms with Crippen LogP contribution in [0.4, 0.5) is 0 Å². The third-order valence-corrected chi connectivity index (χ3v) is 7.50. The Hall–Kier alpha value is -2.92. The van der Waals surface area contributed by atoms with E-state index in [1.165, 1.54) is 69.0 Å². The predicted molar refractivity (Wildman–Crippen MR) is 136 cm³/mol. The summed E-state index contributed by atoms with van der Waals surface area (Å²) in [5.41, 5.74) is 7.57. The fraction of sp³-hybridized carbons (Fsp3) is 0.0741. The van der Waals surface area contributed by atoms with Gasteiger partial charge in [0.15, 0.2) is 0 Å². The van der Waals surface area contributed by atoms with Gasteiger partial charge in [-0.2, -0.15) is 0 Å². The Labute approximate surface area is 186 Å². The van der Waals surface area contributed by atoms with Crippen molar-refractivity contribution in [2.75, 3.05) is 0 Å². The number of pyridine rings is 2. The molecule has 4 aromatic carbocycles.